The molecule has 2 aromatic heterocycles. The second kappa shape index (κ2) is 4.67. The van der Waals surface area contributed by atoms with Crippen molar-refractivity contribution in [1.82, 2.24) is 9.97 Å². The van der Waals surface area contributed by atoms with Crippen LogP contribution in [0.3, 0.4) is 0 Å². The lowest BCUT2D eigenvalue weighted by Gasteiger charge is -2.29. The molecule has 2 fully saturated rings. The van der Waals surface area contributed by atoms with Crippen molar-refractivity contribution >= 4 is 32.7 Å². The molecule has 4 heteroatoms. The number of ketones is 1. The SMILES string of the molecule is CC1(C(=O)c2c[nH]c3ccc(Br)nc23)CC[C@@H]2CCC[C@@H]21. The number of carbonyl (C=O) groups is 1. The Morgan fingerprint density at radius 1 is 1.38 bits per heavy atom. The molecule has 4 rings (SSSR count). The largest absolute Gasteiger partial charge is 0.359 e. The van der Waals surface area contributed by atoms with Crippen molar-refractivity contribution in [3.05, 3.63) is 28.5 Å². The Balaban J connectivity index is 1.78. The first kappa shape index (κ1) is 13.5. The zero-order chi connectivity index (χ0) is 14.6. The fraction of sp³-hybridized carbons (Fsp3) is 0.529. The number of aromatic amines is 1. The third-order valence-electron chi connectivity index (χ3n) is 5.76. The van der Waals surface area contributed by atoms with Gasteiger partial charge in [0.05, 0.1) is 11.1 Å². The van der Waals surface area contributed by atoms with Gasteiger partial charge in [-0.2, -0.15) is 0 Å². The van der Waals surface area contributed by atoms with Gasteiger partial charge in [0.1, 0.15) is 10.1 Å². The van der Waals surface area contributed by atoms with E-state index in [9.17, 15) is 4.79 Å². The number of pyridine rings is 1. The lowest BCUT2D eigenvalue weighted by atomic mass is 9.72. The summed E-state index contributed by atoms with van der Waals surface area (Å²) in [5.74, 6) is 1.62. The molecule has 0 spiro atoms. The van der Waals surface area contributed by atoms with Crippen molar-refractivity contribution in [2.75, 3.05) is 0 Å². The average Bonchev–Trinajstić information content (AvgIpc) is 3.15. The molecule has 3 atom stereocenters. The number of halogens is 1. The van der Waals surface area contributed by atoms with Crippen molar-refractivity contribution in [3.8, 4) is 0 Å². The molecule has 0 saturated heterocycles. The zero-order valence-corrected chi connectivity index (χ0v) is 13.7. The normalized spacial score (nSPS) is 31.7. The summed E-state index contributed by atoms with van der Waals surface area (Å²) in [6.07, 6.45) is 7.90. The molecular formula is C17H19BrN2O. The molecule has 2 saturated carbocycles. The molecule has 0 aliphatic heterocycles. The molecule has 110 valence electrons. The van der Waals surface area contributed by atoms with Crippen molar-refractivity contribution in [1.29, 1.82) is 0 Å². The fourth-order valence-electron chi connectivity index (χ4n) is 4.63. The fourth-order valence-corrected chi connectivity index (χ4v) is 4.94. The van der Waals surface area contributed by atoms with Gasteiger partial charge in [0.25, 0.3) is 0 Å². The topological polar surface area (TPSA) is 45.8 Å². The summed E-state index contributed by atoms with van der Waals surface area (Å²) in [6.45, 7) is 2.18. The van der Waals surface area contributed by atoms with Gasteiger partial charge < -0.3 is 4.98 Å². The maximum absolute atomic E-state index is 13.2. The van der Waals surface area contributed by atoms with Crippen LogP contribution in [0.5, 0.6) is 0 Å². The molecule has 1 unspecified atom stereocenters. The minimum Gasteiger partial charge on any atom is -0.359 e. The van der Waals surface area contributed by atoms with Crippen molar-refractivity contribution in [2.45, 2.75) is 39.0 Å². The Hall–Kier alpha value is -1.16. The summed E-state index contributed by atoms with van der Waals surface area (Å²) in [6, 6.07) is 3.87. The van der Waals surface area contributed by atoms with Crippen LogP contribution in [0.4, 0.5) is 0 Å². The molecule has 1 N–H and O–H groups in total. The highest BCUT2D eigenvalue weighted by molar-refractivity contribution is 9.10. The number of rotatable bonds is 2. The van der Waals surface area contributed by atoms with Gasteiger partial charge in [-0.05, 0) is 59.2 Å². The number of carbonyl (C=O) groups excluding carboxylic acids is 1. The van der Waals surface area contributed by atoms with Crippen molar-refractivity contribution in [2.24, 2.45) is 17.3 Å². The zero-order valence-electron chi connectivity index (χ0n) is 12.2. The first-order valence-corrected chi connectivity index (χ1v) is 8.57. The lowest BCUT2D eigenvalue weighted by Crippen LogP contribution is -2.32. The maximum atomic E-state index is 13.2. The average molecular weight is 347 g/mol. The van der Waals surface area contributed by atoms with Crippen LogP contribution >= 0.6 is 15.9 Å². The molecule has 3 nitrogen and oxygen atoms in total. The Bertz CT molecular complexity index is 723. The van der Waals surface area contributed by atoms with E-state index in [1.165, 1.54) is 25.7 Å². The maximum Gasteiger partial charge on any atom is 0.172 e. The highest BCUT2D eigenvalue weighted by Crippen LogP contribution is 2.56. The van der Waals surface area contributed by atoms with E-state index in [0.29, 0.717) is 5.92 Å². The second-order valence-corrected chi connectivity index (χ2v) is 7.63. The van der Waals surface area contributed by atoms with E-state index in [1.807, 2.05) is 18.3 Å². The standard InChI is InChI=1S/C17H19BrN2O/c1-17(8-7-10-3-2-4-12(10)17)16(21)11-9-19-13-5-6-14(18)20-15(11)13/h5-6,9-10,12,19H,2-4,7-8H2,1H3/t10-,12-,17?/m0/s1. The van der Waals surface area contributed by atoms with Gasteiger partial charge >= 0.3 is 0 Å². The summed E-state index contributed by atoms with van der Waals surface area (Å²) < 4.78 is 0.777. The molecule has 2 heterocycles. The van der Waals surface area contributed by atoms with Crippen LogP contribution in [-0.2, 0) is 0 Å². The number of hydrogen-bond acceptors (Lipinski definition) is 2. The number of H-pyrrole nitrogens is 1. The quantitative estimate of drug-likeness (QED) is 0.631. The lowest BCUT2D eigenvalue weighted by molar-refractivity contribution is 0.0742. The van der Waals surface area contributed by atoms with Crippen molar-refractivity contribution < 1.29 is 4.79 Å². The van der Waals surface area contributed by atoms with E-state index in [2.05, 4.69) is 32.8 Å². The Morgan fingerprint density at radius 2 is 2.24 bits per heavy atom. The Morgan fingerprint density at radius 3 is 3.10 bits per heavy atom. The van der Waals surface area contributed by atoms with Gasteiger partial charge in [-0.1, -0.05) is 19.8 Å². The van der Waals surface area contributed by atoms with Gasteiger partial charge in [-0.3, -0.25) is 4.79 Å². The molecule has 2 aromatic rings. The van der Waals surface area contributed by atoms with E-state index < -0.39 is 0 Å². The van der Waals surface area contributed by atoms with Crippen molar-refractivity contribution in [3.63, 3.8) is 0 Å². The number of aromatic nitrogens is 2. The number of fused-ring (bicyclic) bond motifs is 2. The smallest absolute Gasteiger partial charge is 0.172 e. The van der Waals surface area contributed by atoms with Crippen LogP contribution in [0, 0.1) is 17.3 Å². The highest BCUT2D eigenvalue weighted by atomic mass is 79.9. The first-order chi connectivity index (χ1) is 10.1. The molecule has 0 amide bonds. The van der Waals surface area contributed by atoms with Gasteiger partial charge in [-0.15, -0.1) is 0 Å². The Labute approximate surface area is 132 Å². The molecular weight excluding hydrogens is 328 g/mol. The van der Waals surface area contributed by atoms with E-state index >= 15 is 0 Å². The van der Waals surface area contributed by atoms with Crippen LogP contribution in [-0.4, -0.2) is 15.8 Å². The van der Waals surface area contributed by atoms with E-state index in [4.69, 9.17) is 0 Å². The molecule has 2 aliphatic rings. The van der Waals surface area contributed by atoms with Gasteiger partial charge in [-0.25, -0.2) is 4.98 Å². The third-order valence-corrected chi connectivity index (χ3v) is 6.21. The number of Topliss-reactive ketones (excluding diaryl/α,β-unsaturated/α-hetero) is 1. The minimum atomic E-state index is -0.194. The molecule has 0 aromatic carbocycles. The minimum absolute atomic E-state index is 0.194. The van der Waals surface area contributed by atoms with E-state index in [0.717, 1.165) is 33.5 Å². The summed E-state index contributed by atoms with van der Waals surface area (Å²) in [7, 11) is 0. The second-order valence-electron chi connectivity index (χ2n) is 6.82. The third kappa shape index (κ3) is 1.91. The Kier molecular flexibility index (Phi) is 3.00. The summed E-state index contributed by atoms with van der Waals surface area (Å²) >= 11 is 3.41. The molecule has 2 aliphatic carbocycles. The monoisotopic (exact) mass is 346 g/mol. The van der Waals surface area contributed by atoms with Gasteiger partial charge in [0.2, 0.25) is 0 Å². The van der Waals surface area contributed by atoms with Gasteiger partial charge in [0.15, 0.2) is 5.78 Å². The van der Waals surface area contributed by atoms with Crippen LogP contribution < -0.4 is 0 Å². The predicted molar refractivity (Wildman–Crippen MR) is 86.3 cm³/mol. The molecule has 0 bridgehead atoms. The highest BCUT2D eigenvalue weighted by Gasteiger charge is 2.51. The summed E-state index contributed by atoms with van der Waals surface area (Å²) in [5.41, 5.74) is 2.31. The summed E-state index contributed by atoms with van der Waals surface area (Å²) in [4.78, 5) is 20.9. The van der Waals surface area contributed by atoms with E-state index in [1.54, 1.807) is 0 Å². The van der Waals surface area contributed by atoms with Crippen LogP contribution in [0.15, 0.2) is 22.9 Å². The van der Waals surface area contributed by atoms with Gasteiger partial charge in [0, 0.05) is 11.6 Å². The van der Waals surface area contributed by atoms with Crippen LogP contribution in [0.1, 0.15) is 49.4 Å². The number of nitrogens with zero attached hydrogens (tertiary/aromatic N) is 1. The predicted octanol–water partition coefficient (Wildman–Crippen LogP) is 4.72. The number of nitrogens with one attached hydrogen (secondary N) is 1. The molecule has 0 radical (unpaired) electrons. The van der Waals surface area contributed by atoms with Crippen LogP contribution in [0.2, 0.25) is 0 Å². The van der Waals surface area contributed by atoms with E-state index in [-0.39, 0.29) is 11.2 Å². The summed E-state index contributed by atoms with van der Waals surface area (Å²) in [5, 5.41) is 0. The first-order valence-electron chi connectivity index (χ1n) is 7.78. The van der Waals surface area contributed by atoms with Crippen LogP contribution in [0.25, 0.3) is 11.0 Å². The molecule has 21 heavy (non-hydrogen) atoms. The number of hydrogen-bond donors (Lipinski definition) is 1.